The smallest absolute Gasteiger partial charge is 0.205 e. The van der Waals surface area contributed by atoms with Gasteiger partial charge < -0.3 is 10.3 Å². The summed E-state index contributed by atoms with van der Waals surface area (Å²) in [6.45, 7) is 3.68. The molecule has 0 radical (unpaired) electrons. The number of benzene rings is 2. The van der Waals surface area contributed by atoms with Crippen LogP contribution in [0.25, 0.3) is 11.0 Å². The van der Waals surface area contributed by atoms with E-state index in [2.05, 4.69) is 15.3 Å². The van der Waals surface area contributed by atoms with Crippen molar-refractivity contribution < 1.29 is 4.79 Å². The molecule has 1 aromatic heterocycles. The number of para-hydroxylation sites is 2. The summed E-state index contributed by atoms with van der Waals surface area (Å²) in [5.74, 6) is 0.910. The second kappa shape index (κ2) is 6.02. The van der Waals surface area contributed by atoms with Crippen LogP contribution in [0.5, 0.6) is 0 Å². The lowest BCUT2D eigenvalue weighted by molar-refractivity contribution is -0.118. The Bertz CT molecular complexity index is 756. The zero-order chi connectivity index (χ0) is 15.5. The van der Waals surface area contributed by atoms with Crippen molar-refractivity contribution in [2.24, 2.45) is 0 Å². The summed E-state index contributed by atoms with van der Waals surface area (Å²) >= 11 is 0. The molecule has 1 heterocycles. The van der Waals surface area contributed by atoms with E-state index in [0.29, 0.717) is 5.95 Å². The van der Waals surface area contributed by atoms with Gasteiger partial charge in [0, 0.05) is 11.6 Å². The van der Waals surface area contributed by atoms with Gasteiger partial charge >= 0.3 is 0 Å². The van der Waals surface area contributed by atoms with Crippen LogP contribution in [-0.4, -0.2) is 15.8 Å². The number of carbonyl (C=O) groups excluding carboxylic acids is 1. The van der Waals surface area contributed by atoms with Gasteiger partial charge in [0.25, 0.3) is 0 Å². The first-order valence-corrected chi connectivity index (χ1v) is 7.49. The normalized spacial score (nSPS) is 12.3. The number of imidazole rings is 1. The zero-order valence-electron chi connectivity index (χ0n) is 12.8. The second-order valence-corrected chi connectivity index (χ2v) is 5.42. The van der Waals surface area contributed by atoms with Gasteiger partial charge in [0.15, 0.2) is 0 Å². The average Bonchev–Trinajstić information content (AvgIpc) is 2.91. The third-order valence-corrected chi connectivity index (χ3v) is 3.86. The second-order valence-electron chi connectivity index (χ2n) is 5.42. The predicted molar refractivity (Wildman–Crippen MR) is 89.5 cm³/mol. The molecule has 3 rings (SSSR count). The van der Waals surface area contributed by atoms with Gasteiger partial charge in [-0.2, -0.15) is 0 Å². The minimum atomic E-state index is -0.0137. The van der Waals surface area contributed by atoms with Crippen molar-refractivity contribution in [3.63, 3.8) is 0 Å². The molecule has 0 amide bonds. The van der Waals surface area contributed by atoms with Crippen molar-refractivity contribution in [3.8, 4) is 0 Å². The Labute approximate surface area is 129 Å². The lowest BCUT2D eigenvalue weighted by atomic mass is 9.93. The summed E-state index contributed by atoms with van der Waals surface area (Å²) in [5, 5.41) is 3.26. The minimum Gasteiger partial charge on any atom is -0.326 e. The monoisotopic (exact) mass is 293 g/mol. The quantitative estimate of drug-likeness (QED) is 0.733. The standard InChI is InChI=1S/C18H19N3O/c1-3-15(12(2)22)13-8-10-14(11-9-13)19-18-20-16-6-4-5-7-17(16)21-18/h4-11,15H,3H2,1-2H3,(H2,19,20,21). The van der Waals surface area contributed by atoms with E-state index in [1.54, 1.807) is 6.92 Å². The van der Waals surface area contributed by atoms with Gasteiger partial charge in [0.1, 0.15) is 5.78 Å². The number of nitrogens with one attached hydrogen (secondary N) is 2. The number of ketones is 1. The number of rotatable bonds is 5. The molecule has 0 bridgehead atoms. The molecule has 4 heteroatoms. The maximum atomic E-state index is 11.6. The fourth-order valence-corrected chi connectivity index (χ4v) is 2.71. The number of nitrogens with zero attached hydrogens (tertiary/aromatic N) is 1. The molecule has 1 atom stereocenters. The Morgan fingerprint density at radius 2 is 1.91 bits per heavy atom. The van der Waals surface area contributed by atoms with Crippen LogP contribution in [0.15, 0.2) is 48.5 Å². The molecule has 2 aromatic carbocycles. The Morgan fingerprint density at radius 1 is 1.18 bits per heavy atom. The largest absolute Gasteiger partial charge is 0.326 e. The Hall–Kier alpha value is -2.62. The average molecular weight is 293 g/mol. The van der Waals surface area contributed by atoms with Crippen molar-refractivity contribution in [1.82, 2.24) is 9.97 Å². The molecule has 0 aliphatic rings. The fourth-order valence-electron chi connectivity index (χ4n) is 2.71. The van der Waals surface area contributed by atoms with Crippen LogP contribution in [0.3, 0.4) is 0 Å². The molecular weight excluding hydrogens is 274 g/mol. The van der Waals surface area contributed by atoms with Crippen LogP contribution in [0, 0.1) is 0 Å². The van der Waals surface area contributed by atoms with Crippen molar-refractivity contribution in [2.75, 3.05) is 5.32 Å². The lowest BCUT2D eigenvalue weighted by Crippen LogP contribution is -2.07. The van der Waals surface area contributed by atoms with Gasteiger partial charge in [-0.05, 0) is 43.2 Å². The molecule has 0 saturated heterocycles. The molecule has 1 unspecified atom stereocenters. The van der Waals surface area contributed by atoms with Crippen LogP contribution >= 0.6 is 0 Å². The molecular formula is C18H19N3O. The van der Waals surface area contributed by atoms with Gasteiger partial charge in [-0.3, -0.25) is 4.79 Å². The Kier molecular flexibility index (Phi) is 3.92. The molecule has 112 valence electrons. The number of H-pyrrole nitrogens is 1. The maximum absolute atomic E-state index is 11.6. The van der Waals surface area contributed by atoms with Gasteiger partial charge in [-0.15, -0.1) is 0 Å². The number of hydrogen-bond acceptors (Lipinski definition) is 3. The zero-order valence-corrected chi connectivity index (χ0v) is 12.8. The van der Waals surface area contributed by atoms with Crippen LogP contribution in [-0.2, 0) is 4.79 Å². The van der Waals surface area contributed by atoms with E-state index < -0.39 is 0 Å². The maximum Gasteiger partial charge on any atom is 0.205 e. The van der Waals surface area contributed by atoms with Crippen molar-refractivity contribution in [1.29, 1.82) is 0 Å². The summed E-state index contributed by atoms with van der Waals surface area (Å²) in [6, 6.07) is 15.9. The number of Topliss-reactive ketones (excluding diaryl/α,β-unsaturated/α-hetero) is 1. The van der Waals surface area contributed by atoms with Gasteiger partial charge in [0.2, 0.25) is 5.95 Å². The van der Waals surface area contributed by atoms with E-state index in [0.717, 1.165) is 28.7 Å². The first-order valence-electron chi connectivity index (χ1n) is 7.49. The summed E-state index contributed by atoms with van der Waals surface area (Å²) in [7, 11) is 0. The summed E-state index contributed by atoms with van der Waals surface area (Å²) in [5.41, 5.74) is 3.94. The van der Waals surface area contributed by atoms with E-state index in [4.69, 9.17) is 0 Å². The van der Waals surface area contributed by atoms with Crippen molar-refractivity contribution in [2.45, 2.75) is 26.2 Å². The molecule has 0 aliphatic carbocycles. The van der Waals surface area contributed by atoms with Crippen molar-refractivity contribution in [3.05, 3.63) is 54.1 Å². The van der Waals surface area contributed by atoms with Gasteiger partial charge in [-0.1, -0.05) is 31.2 Å². The number of anilines is 2. The predicted octanol–water partition coefficient (Wildman–Crippen LogP) is 4.39. The van der Waals surface area contributed by atoms with Gasteiger partial charge in [0.05, 0.1) is 11.0 Å². The minimum absolute atomic E-state index is 0.0137. The van der Waals surface area contributed by atoms with Crippen LogP contribution in [0.2, 0.25) is 0 Å². The highest BCUT2D eigenvalue weighted by Gasteiger charge is 2.14. The highest BCUT2D eigenvalue weighted by atomic mass is 16.1. The molecule has 3 aromatic rings. The number of aromatic amines is 1. The molecule has 4 nitrogen and oxygen atoms in total. The lowest BCUT2D eigenvalue weighted by Gasteiger charge is -2.12. The fraction of sp³-hybridized carbons (Fsp3) is 0.222. The van der Waals surface area contributed by atoms with Crippen molar-refractivity contribution >= 4 is 28.5 Å². The van der Waals surface area contributed by atoms with Crippen LogP contribution < -0.4 is 5.32 Å². The highest BCUT2D eigenvalue weighted by molar-refractivity contribution is 5.83. The SMILES string of the molecule is CCC(C(C)=O)c1ccc(Nc2nc3ccccc3[nH]2)cc1. The van der Waals surface area contributed by atoms with Crippen LogP contribution in [0.1, 0.15) is 31.7 Å². The van der Waals surface area contributed by atoms with E-state index >= 15 is 0 Å². The highest BCUT2D eigenvalue weighted by Crippen LogP contribution is 2.24. The first-order chi connectivity index (χ1) is 10.7. The Morgan fingerprint density at radius 3 is 2.55 bits per heavy atom. The molecule has 2 N–H and O–H groups in total. The van der Waals surface area contributed by atoms with Gasteiger partial charge in [-0.25, -0.2) is 4.98 Å². The van der Waals surface area contributed by atoms with Crippen LogP contribution in [0.4, 0.5) is 11.6 Å². The first kappa shape index (κ1) is 14.3. The summed E-state index contributed by atoms with van der Waals surface area (Å²) < 4.78 is 0. The number of fused-ring (bicyclic) bond motifs is 1. The number of hydrogen-bond donors (Lipinski definition) is 2. The third-order valence-electron chi connectivity index (χ3n) is 3.86. The molecule has 0 aliphatic heterocycles. The van der Waals surface area contributed by atoms with E-state index in [1.165, 1.54) is 0 Å². The molecule has 0 fully saturated rings. The topological polar surface area (TPSA) is 57.8 Å². The molecule has 0 saturated carbocycles. The Balaban J connectivity index is 1.79. The number of carbonyl (C=O) groups is 1. The number of aromatic nitrogens is 2. The van der Waals surface area contributed by atoms with E-state index in [1.807, 2.05) is 55.5 Å². The van der Waals surface area contributed by atoms with E-state index in [9.17, 15) is 4.79 Å². The molecule has 22 heavy (non-hydrogen) atoms. The summed E-state index contributed by atoms with van der Waals surface area (Å²) in [6.07, 6.45) is 0.825. The third kappa shape index (κ3) is 2.86. The molecule has 0 spiro atoms. The summed E-state index contributed by atoms with van der Waals surface area (Å²) in [4.78, 5) is 19.3. The van der Waals surface area contributed by atoms with E-state index in [-0.39, 0.29) is 11.7 Å².